The van der Waals surface area contributed by atoms with Crippen molar-refractivity contribution < 1.29 is 9.31 Å². The Morgan fingerprint density at radius 3 is 2.31 bits per heavy atom. The molecule has 1 saturated heterocycles. The topological polar surface area (TPSA) is 64.2 Å². The maximum atomic E-state index is 13.1. The third-order valence-corrected chi connectivity index (χ3v) is 6.31. The lowest BCUT2D eigenvalue weighted by atomic mass is 9.77. The molecule has 2 aliphatic rings. The molecule has 5 nitrogen and oxygen atoms in total. The fraction of sp³-hybridized carbons (Fsp3) is 0.500. The molecule has 1 aliphatic carbocycles. The van der Waals surface area contributed by atoms with Crippen LogP contribution in [0.5, 0.6) is 0 Å². The summed E-state index contributed by atoms with van der Waals surface area (Å²) in [6.07, 6.45) is 4.19. The van der Waals surface area contributed by atoms with Gasteiger partial charge in [0.25, 0.3) is 5.56 Å². The molecule has 0 N–H and O–H groups in total. The van der Waals surface area contributed by atoms with Gasteiger partial charge in [-0.3, -0.25) is 9.36 Å². The van der Waals surface area contributed by atoms with Gasteiger partial charge in [0.1, 0.15) is 5.54 Å². The first-order valence-corrected chi connectivity index (χ1v) is 9.12. The van der Waals surface area contributed by atoms with Crippen LogP contribution in [0.15, 0.2) is 35.3 Å². The normalized spacial score (nSPS) is 22.8. The Bertz CT molecular complexity index is 967. The quantitative estimate of drug-likeness (QED) is 0.782. The van der Waals surface area contributed by atoms with E-state index in [1.165, 1.54) is 0 Å². The van der Waals surface area contributed by atoms with Crippen molar-refractivity contribution in [1.82, 2.24) is 4.57 Å². The Hall–Kier alpha value is -2.10. The minimum Gasteiger partial charge on any atom is -0.399 e. The fourth-order valence-electron chi connectivity index (χ4n) is 3.64. The number of aromatic nitrogens is 1. The third kappa shape index (κ3) is 2.34. The molecule has 1 aliphatic heterocycles. The van der Waals surface area contributed by atoms with Gasteiger partial charge < -0.3 is 9.31 Å². The van der Waals surface area contributed by atoms with Crippen LogP contribution in [0.1, 0.15) is 47.0 Å². The number of nitrogens with zero attached hydrogens (tertiary/aromatic N) is 2. The highest BCUT2D eigenvalue weighted by atomic mass is 16.7. The van der Waals surface area contributed by atoms with Crippen molar-refractivity contribution in [3.8, 4) is 6.07 Å². The summed E-state index contributed by atoms with van der Waals surface area (Å²) in [4.78, 5) is 13.1. The van der Waals surface area contributed by atoms with Crippen molar-refractivity contribution in [1.29, 1.82) is 5.26 Å². The van der Waals surface area contributed by atoms with E-state index < -0.39 is 23.9 Å². The predicted molar refractivity (Wildman–Crippen MR) is 101 cm³/mol. The van der Waals surface area contributed by atoms with Crippen molar-refractivity contribution in [3.05, 3.63) is 40.8 Å². The van der Waals surface area contributed by atoms with Gasteiger partial charge in [-0.15, -0.1) is 0 Å². The van der Waals surface area contributed by atoms with Crippen LogP contribution in [-0.4, -0.2) is 22.9 Å². The number of pyridine rings is 1. The van der Waals surface area contributed by atoms with Gasteiger partial charge in [0, 0.05) is 11.6 Å². The van der Waals surface area contributed by atoms with Gasteiger partial charge >= 0.3 is 7.12 Å². The van der Waals surface area contributed by atoms with Crippen molar-refractivity contribution in [2.75, 3.05) is 0 Å². The summed E-state index contributed by atoms with van der Waals surface area (Å²) in [5, 5.41) is 11.0. The lowest BCUT2D eigenvalue weighted by Gasteiger charge is -2.37. The molecule has 134 valence electrons. The lowest BCUT2D eigenvalue weighted by Crippen LogP contribution is -2.45. The van der Waals surface area contributed by atoms with Gasteiger partial charge in [0.15, 0.2) is 0 Å². The molecule has 2 aromatic rings. The zero-order valence-corrected chi connectivity index (χ0v) is 15.7. The van der Waals surface area contributed by atoms with E-state index in [9.17, 15) is 10.1 Å². The van der Waals surface area contributed by atoms with Gasteiger partial charge in [-0.2, -0.15) is 5.26 Å². The maximum absolute atomic E-state index is 13.1. The summed E-state index contributed by atoms with van der Waals surface area (Å²) in [5.74, 6) is 0. The average Bonchev–Trinajstić information content (AvgIpc) is 2.77. The largest absolute Gasteiger partial charge is 0.494 e. The monoisotopic (exact) mass is 350 g/mol. The van der Waals surface area contributed by atoms with E-state index in [2.05, 4.69) is 6.07 Å². The van der Waals surface area contributed by atoms with Crippen molar-refractivity contribution in [2.24, 2.45) is 0 Å². The third-order valence-electron chi connectivity index (χ3n) is 6.31. The highest BCUT2D eigenvalue weighted by Gasteiger charge is 2.51. The molecule has 0 unspecified atom stereocenters. The maximum Gasteiger partial charge on any atom is 0.494 e. The van der Waals surface area contributed by atoms with Gasteiger partial charge in [-0.25, -0.2) is 0 Å². The van der Waals surface area contributed by atoms with E-state index in [4.69, 9.17) is 9.31 Å². The zero-order valence-electron chi connectivity index (χ0n) is 15.7. The minimum absolute atomic E-state index is 0.123. The predicted octanol–water partition coefficient (Wildman–Crippen LogP) is 2.70. The van der Waals surface area contributed by atoms with Gasteiger partial charge in [0.05, 0.1) is 17.3 Å². The van der Waals surface area contributed by atoms with Crippen molar-refractivity contribution >= 4 is 23.4 Å². The smallest absolute Gasteiger partial charge is 0.399 e. The molecule has 0 spiro atoms. The Labute approximate surface area is 153 Å². The molecule has 26 heavy (non-hydrogen) atoms. The number of rotatable bonds is 2. The number of hydrogen-bond acceptors (Lipinski definition) is 4. The zero-order chi connectivity index (χ0) is 18.7. The highest BCUT2D eigenvalue weighted by Crippen LogP contribution is 2.38. The van der Waals surface area contributed by atoms with E-state index in [0.29, 0.717) is 5.39 Å². The van der Waals surface area contributed by atoms with Crippen LogP contribution in [0.3, 0.4) is 0 Å². The molecular formula is C20H23BN2O3. The summed E-state index contributed by atoms with van der Waals surface area (Å²) in [7, 11) is -0.508. The number of nitriles is 1. The molecule has 2 heterocycles. The van der Waals surface area contributed by atoms with Crippen LogP contribution in [0.4, 0.5) is 0 Å². The molecule has 0 bridgehead atoms. The number of fused-ring (bicyclic) bond motifs is 1. The molecule has 1 saturated carbocycles. The summed E-state index contributed by atoms with van der Waals surface area (Å²) < 4.78 is 13.8. The first-order valence-electron chi connectivity index (χ1n) is 9.12. The van der Waals surface area contributed by atoms with E-state index in [0.717, 1.165) is 30.1 Å². The number of benzene rings is 1. The van der Waals surface area contributed by atoms with Crippen molar-refractivity contribution in [3.63, 3.8) is 0 Å². The first-order chi connectivity index (χ1) is 12.2. The molecule has 1 aromatic heterocycles. The summed E-state index contributed by atoms with van der Waals surface area (Å²) >= 11 is 0. The van der Waals surface area contributed by atoms with E-state index >= 15 is 0 Å². The molecule has 4 rings (SSSR count). The second kappa shape index (κ2) is 5.45. The second-order valence-corrected chi connectivity index (χ2v) is 8.42. The summed E-state index contributed by atoms with van der Waals surface area (Å²) in [6.45, 7) is 8.03. The van der Waals surface area contributed by atoms with Crippen molar-refractivity contribution in [2.45, 2.75) is 63.7 Å². The highest BCUT2D eigenvalue weighted by molar-refractivity contribution is 6.62. The molecule has 6 heteroatoms. The Balaban J connectivity index is 1.80. The van der Waals surface area contributed by atoms with E-state index in [1.54, 1.807) is 10.8 Å². The van der Waals surface area contributed by atoms with Gasteiger partial charge in [-0.05, 0) is 69.9 Å². The molecular weight excluding hydrogens is 327 g/mol. The SMILES string of the molecule is CC1(C)OB(c2ccc3ccn(C4(C#N)CCC4)c(=O)c3c2)OC1(C)C. The molecule has 2 fully saturated rings. The van der Waals surface area contributed by atoms with Crippen LogP contribution in [0.25, 0.3) is 10.8 Å². The fourth-order valence-corrected chi connectivity index (χ4v) is 3.64. The average molecular weight is 350 g/mol. The Kier molecular flexibility index (Phi) is 3.63. The van der Waals surface area contributed by atoms with Gasteiger partial charge in [-0.1, -0.05) is 12.1 Å². The molecule has 0 radical (unpaired) electrons. The minimum atomic E-state index is -0.689. The molecule has 1 aromatic carbocycles. The van der Waals surface area contributed by atoms with Crippen LogP contribution < -0.4 is 11.0 Å². The van der Waals surface area contributed by atoms with Crippen LogP contribution in [0, 0.1) is 11.3 Å². The molecule has 0 atom stereocenters. The van der Waals surface area contributed by atoms with Gasteiger partial charge in [0.2, 0.25) is 0 Å². The van der Waals surface area contributed by atoms with E-state index in [-0.39, 0.29) is 5.56 Å². The number of hydrogen-bond donors (Lipinski definition) is 0. The standard InChI is InChI=1S/C20H23BN2O3/c1-18(2)19(3,4)26-21(25-18)15-7-6-14-8-11-23(17(24)16(14)12-15)20(13-22)9-5-10-20/h6-8,11-12H,5,9-10H2,1-4H3. The molecule has 0 amide bonds. The van der Waals surface area contributed by atoms with Crippen LogP contribution >= 0.6 is 0 Å². The van der Waals surface area contributed by atoms with E-state index in [1.807, 2.05) is 52.0 Å². The first kappa shape index (κ1) is 17.3. The van der Waals surface area contributed by atoms with Crippen LogP contribution in [0.2, 0.25) is 0 Å². The summed E-state index contributed by atoms with van der Waals surface area (Å²) in [5.41, 5.74) is -0.848. The Morgan fingerprint density at radius 2 is 1.77 bits per heavy atom. The lowest BCUT2D eigenvalue weighted by molar-refractivity contribution is 0.00578. The second-order valence-electron chi connectivity index (χ2n) is 8.42. The Morgan fingerprint density at radius 1 is 1.12 bits per heavy atom. The van der Waals surface area contributed by atoms with Crippen LogP contribution in [-0.2, 0) is 14.8 Å². The summed E-state index contributed by atoms with van der Waals surface area (Å²) in [6, 6.07) is 9.95.